The van der Waals surface area contributed by atoms with Gasteiger partial charge in [-0.3, -0.25) is 4.79 Å². The highest BCUT2D eigenvalue weighted by Gasteiger charge is 2.15. The summed E-state index contributed by atoms with van der Waals surface area (Å²) in [4.78, 5) is 22.3. The molecule has 0 saturated carbocycles. The van der Waals surface area contributed by atoms with E-state index in [9.17, 15) is 4.79 Å². The fraction of sp³-hybridized carbons (Fsp3) is 0.136. The van der Waals surface area contributed by atoms with Gasteiger partial charge in [0.05, 0.1) is 12.1 Å². The number of thiazole rings is 1. The molecule has 0 aliphatic heterocycles. The van der Waals surface area contributed by atoms with Crippen molar-refractivity contribution in [1.29, 1.82) is 0 Å². The maximum atomic E-state index is 12.4. The van der Waals surface area contributed by atoms with Crippen LogP contribution in [-0.2, 0) is 17.6 Å². The number of carbonyl (C=O) groups is 1. The van der Waals surface area contributed by atoms with Gasteiger partial charge < -0.3 is 9.73 Å². The van der Waals surface area contributed by atoms with E-state index in [0.29, 0.717) is 22.5 Å². The molecule has 1 N–H and O–H groups in total. The first kappa shape index (κ1) is 18.1. The zero-order chi connectivity index (χ0) is 19.3. The van der Waals surface area contributed by atoms with Crippen LogP contribution in [0.1, 0.15) is 21.9 Å². The number of carbonyl (C=O) groups excluding carboxylic acids is 1. The third-order valence-electron chi connectivity index (χ3n) is 4.26. The van der Waals surface area contributed by atoms with Gasteiger partial charge in [0.25, 0.3) is 0 Å². The van der Waals surface area contributed by atoms with Crippen molar-refractivity contribution in [2.45, 2.75) is 19.8 Å². The van der Waals surface area contributed by atoms with Crippen LogP contribution in [0.3, 0.4) is 0 Å². The van der Waals surface area contributed by atoms with Crippen LogP contribution in [0.15, 0.2) is 71.3 Å². The van der Waals surface area contributed by atoms with Gasteiger partial charge in [0.2, 0.25) is 11.8 Å². The summed E-state index contributed by atoms with van der Waals surface area (Å²) in [6, 6.07) is 19.8. The maximum Gasteiger partial charge on any atom is 0.232 e. The number of rotatable bonds is 6. The Hall–Kier alpha value is -3.25. The van der Waals surface area contributed by atoms with Crippen molar-refractivity contribution in [3.8, 4) is 11.5 Å². The predicted molar refractivity (Wildman–Crippen MR) is 110 cm³/mol. The van der Waals surface area contributed by atoms with Crippen LogP contribution >= 0.6 is 11.3 Å². The lowest BCUT2D eigenvalue weighted by atomic mass is 10.1. The number of nitrogens with one attached hydrogen (secondary N) is 1. The second-order valence-corrected chi connectivity index (χ2v) is 7.52. The smallest absolute Gasteiger partial charge is 0.232 e. The number of hydrogen-bond acceptors (Lipinski definition) is 5. The molecule has 0 unspecified atom stereocenters. The Morgan fingerprint density at radius 1 is 1.07 bits per heavy atom. The molecule has 0 bridgehead atoms. The average Bonchev–Trinajstić information content (AvgIpc) is 3.30. The van der Waals surface area contributed by atoms with Gasteiger partial charge in [0, 0.05) is 23.1 Å². The van der Waals surface area contributed by atoms with E-state index in [1.54, 1.807) is 0 Å². The van der Waals surface area contributed by atoms with Crippen LogP contribution in [-0.4, -0.2) is 15.9 Å². The molecule has 4 aromatic rings. The fourth-order valence-electron chi connectivity index (χ4n) is 2.86. The average molecular weight is 389 g/mol. The van der Waals surface area contributed by atoms with E-state index in [4.69, 9.17) is 4.42 Å². The van der Waals surface area contributed by atoms with E-state index >= 15 is 0 Å². The molecule has 0 atom stereocenters. The molecule has 0 saturated heterocycles. The summed E-state index contributed by atoms with van der Waals surface area (Å²) in [7, 11) is 0. The van der Waals surface area contributed by atoms with E-state index in [0.717, 1.165) is 16.9 Å². The Bertz CT molecular complexity index is 1070. The number of oxazole rings is 1. The monoisotopic (exact) mass is 389 g/mol. The molecule has 0 radical (unpaired) electrons. The highest BCUT2D eigenvalue weighted by molar-refractivity contribution is 7.15. The lowest BCUT2D eigenvalue weighted by Crippen LogP contribution is -2.14. The normalized spacial score (nSPS) is 10.8. The minimum absolute atomic E-state index is 0.149. The van der Waals surface area contributed by atoms with Gasteiger partial charge in [-0.1, -0.05) is 48.5 Å². The molecule has 2 aromatic carbocycles. The number of anilines is 1. The number of aromatic nitrogens is 2. The number of aryl methyl sites for hydroxylation is 1. The highest BCUT2D eigenvalue weighted by atomic mass is 32.1. The second-order valence-electron chi connectivity index (χ2n) is 6.41. The number of nitrogens with zero attached hydrogens (tertiary/aromatic N) is 2. The fourth-order valence-corrected chi connectivity index (χ4v) is 3.72. The van der Waals surface area contributed by atoms with Crippen molar-refractivity contribution < 1.29 is 9.21 Å². The van der Waals surface area contributed by atoms with Crippen LogP contribution in [0, 0.1) is 6.92 Å². The second kappa shape index (κ2) is 8.19. The molecule has 2 aromatic heterocycles. The van der Waals surface area contributed by atoms with Crippen molar-refractivity contribution in [3.05, 3.63) is 88.8 Å². The van der Waals surface area contributed by atoms with Gasteiger partial charge in [0.15, 0.2) is 5.13 Å². The van der Waals surface area contributed by atoms with Crippen molar-refractivity contribution in [3.63, 3.8) is 0 Å². The first-order valence-corrected chi connectivity index (χ1v) is 9.79. The van der Waals surface area contributed by atoms with Gasteiger partial charge in [-0.2, -0.15) is 0 Å². The number of hydrogen-bond donors (Lipinski definition) is 1. The Labute approximate surface area is 167 Å². The molecule has 5 nitrogen and oxygen atoms in total. The molecule has 2 heterocycles. The summed E-state index contributed by atoms with van der Waals surface area (Å²) >= 11 is 1.49. The van der Waals surface area contributed by atoms with Crippen LogP contribution in [0.2, 0.25) is 0 Å². The van der Waals surface area contributed by atoms with E-state index in [-0.39, 0.29) is 12.3 Å². The zero-order valence-corrected chi connectivity index (χ0v) is 16.2. The predicted octanol–water partition coefficient (Wildman–Crippen LogP) is 4.88. The van der Waals surface area contributed by atoms with Gasteiger partial charge in [-0.15, -0.1) is 11.3 Å². The molecule has 1 amide bonds. The molecule has 6 heteroatoms. The van der Waals surface area contributed by atoms with E-state index in [1.807, 2.05) is 61.7 Å². The van der Waals surface area contributed by atoms with Gasteiger partial charge in [-0.05, 0) is 24.6 Å². The minimum Gasteiger partial charge on any atom is -0.441 e. The van der Waals surface area contributed by atoms with Crippen molar-refractivity contribution in [2.24, 2.45) is 0 Å². The van der Waals surface area contributed by atoms with Crippen molar-refractivity contribution >= 4 is 22.4 Å². The lowest BCUT2D eigenvalue weighted by Gasteiger charge is -2.00. The highest BCUT2D eigenvalue weighted by Crippen LogP contribution is 2.23. The van der Waals surface area contributed by atoms with Crippen LogP contribution < -0.4 is 5.32 Å². The number of amides is 1. The molecule has 140 valence electrons. The first-order chi connectivity index (χ1) is 13.7. The largest absolute Gasteiger partial charge is 0.441 e. The third kappa shape index (κ3) is 4.35. The Morgan fingerprint density at radius 3 is 2.54 bits per heavy atom. The molecule has 0 aliphatic carbocycles. The standard InChI is InChI=1S/C22H19N3O2S/c1-15-19(24-21(27-15)17-10-6-3-7-11-17)13-20(26)25-22-23-14-18(28-22)12-16-8-4-2-5-9-16/h2-11,14H,12-13H2,1H3,(H,23,25,26). The van der Waals surface area contributed by atoms with Gasteiger partial charge in [-0.25, -0.2) is 9.97 Å². The molecule has 4 rings (SSSR count). The summed E-state index contributed by atoms with van der Waals surface area (Å²) in [5.74, 6) is 1.02. The quantitative estimate of drug-likeness (QED) is 0.510. The van der Waals surface area contributed by atoms with E-state index in [1.165, 1.54) is 16.9 Å². The molecule has 0 fully saturated rings. The van der Waals surface area contributed by atoms with Gasteiger partial charge >= 0.3 is 0 Å². The maximum absolute atomic E-state index is 12.4. The summed E-state index contributed by atoms with van der Waals surface area (Å²) in [5.41, 5.74) is 2.75. The molecular formula is C22H19N3O2S. The van der Waals surface area contributed by atoms with Crippen LogP contribution in [0.4, 0.5) is 5.13 Å². The topological polar surface area (TPSA) is 68.0 Å². The minimum atomic E-state index is -0.156. The van der Waals surface area contributed by atoms with Crippen LogP contribution in [0.5, 0.6) is 0 Å². The summed E-state index contributed by atoms with van der Waals surface area (Å²) in [6.07, 6.45) is 2.76. The zero-order valence-electron chi connectivity index (χ0n) is 15.4. The third-order valence-corrected chi connectivity index (χ3v) is 5.18. The van der Waals surface area contributed by atoms with Crippen molar-refractivity contribution in [1.82, 2.24) is 9.97 Å². The van der Waals surface area contributed by atoms with Crippen LogP contribution in [0.25, 0.3) is 11.5 Å². The van der Waals surface area contributed by atoms with E-state index in [2.05, 4.69) is 27.4 Å². The Balaban J connectivity index is 1.39. The summed E-state index contributed by atoms with van der Waals surface area (Å²) < 4.78 is 5.72. The molecular weight excluding hydrogens is 370 g/mol. The van der Waals surface area contributed by atoms with Gasteiger partial charge in [0.1, 0.15) is 5.76 Å². The molecule has 0 aliphatic rings. The van der Waals surface area contributed by atoms with Crippen molar-refractivity contribution in [2.75, 3.05) is 5.32 Å². The SMILES string of the molecule is Cc1oc(-c2ccccc2)nc1CC(=O)Nc1ncc(Cc2ccccc2)s1. The molecule has 0 spiro atoms. The summed E-state index contributed by atoms with van der Waals surface area (Å²) in [6.45, 7) is 1.82. The Morgan fingerprint density at radius 2 is 1.79 bits per heavy atom. The molecule has 28 heavy (non-hydrogen) atoms. The number of benzene rings is 2. The first-order valence-electron chi connectivity index (χ1n) is 8.97. The lowest BCUT2D eigenvalue weighted by molar-refractivity contribution is -0.115. The Kier molecular flexibility index (Phi) is 5.30. The summed E-state index contributed by atoms with van der Waals surface area (Å²) in [5, 5.41) is 3.46. The van der Waals surface area contributed by atoms with E-state index < -0.39 is 0 Å².